The third-order valence-electron chi connectivity index (χ3n) is 4.43. The highest BCUT2D eigenvalue weighted by atomic mass is 32.2. The molecule has 0 spiro atoms. The van der Waals surface area contributed by atoms with Gasteiger partial charge in [0.25, 0.3) is 0 Å². The minimum atomic E-state index is -3.24. The van der Waals surface area contributed by atoms with E-state index in [1.807, 2.05) is 0 Å². The van der Waals surface area contributed by atoms with Crippen LogP contribution in [0, 0.1) is 11.9 Å². The average molecular weight is 303 g/mol. The number of rotatable bonds is 1. The van der Waals surface area contributed by atoms with E-state index in [2.05, 4.69) is 4.98 Å². The van der Waals surface area contributed by atoms with Crippen molar-refractivity contribution >= 4 is 9.84 Å². The highest BCUT2D eigenvalue weighted by Crippen LogP contribution is 2.46. The first kappa shape index (κ1) is 13.9. The first-order valence-corrected chi connectivity index (χ1v) is 8.21. The van der Waals surface area contributed by atoms with Gasteiger partial charge in [0.2, 0.25) is 11.9 Å². The molecule has 2 aliphatic rings. The zero-order chi connectivity index (χ0) is 14.5. The summed E-state index contributed by atoms with van der Waals surface area (Å²) in [7, 11) is -3.24. The van der Waals surface area contributed by atoms with Crippen LogP contribution in [0.25, 0.3) is 0 Å². The lowest BCUT2D eigenvalue weighted by atomic mass is 9.81. The molecule has 3 rings (SSSR count). The summed E-state index contributed by atoms with van der Waals surface area (Å²) in [5.41, 5.74) is -1.68. The van der Waals surface area contributed by atoms with Crippen molar-refractivity contribution in [1.29, 1.82) is 0 Å². The minimum absolute atomic E-state index is 0.0456. The van der Waals surface area contributed by atoms with Crippen molar-refractivity contribution < 1.29 is 22.3 Å². The zero-order valence-electron chi connectivity index (χ0n) is 10.7. The maximum atomic E-state index is 13.8. The van der Waals surface area contributed by atoms with Crippen LogP contribution in [-0.4, -0.2) is 29.0 Å². The van der Waals surface area contributed by atoms with Gasteiger partial charge in [-0.15, -0.1) is 0 Å². The Balaban J connectivity index is 2.02. The molecular weight excluding hydrogens is 288 g/mol. The molecule has 0 amide bonds. The average Bonchev–Trinajstić information content (AvgIpc) is 2.31. The van der Waals surface area contributed by atoms with Gasteiger partial charge >= 0.3 is 0 Å². The number of hydrogen-bond acceptors (Lipinski definition) is 4. The summed E-state index contributed by atoms with van der Waals surface area (Å²) in [6.45, 7) is 0. The Bertz CT molecular complexity index is 627. The van der Waals surface area contributed by atoms with Crippen molar-refractivity contribution in [2.24, 2.45) is 0 Å². The third-order valence-corrected chi connectivity index (χ3v) is 7.09. The second-order valence-electron chi connectivity index (χ2n) is 5.68. The first-order valence-electron chi connectivity index (χ1n) is 6.60. The second-order valence-corrected chi connectivity index (χ2v) is 8.19. The van der Waals surface area contributed by atoms with E-state index in [1.165, 1.54) is 0 Å². The molecule has 2 fully saturated rings. The Morgan fingerprint density at radius 2 is 1.80 bits per heavy atom. The molecule has 1 aromatic heterocycles. The van der Waals surface area contributed by atoms with Crippen LogP contribution in [0.4, 0.5) is 8.78 Å². The lowest BCUT2D eigenvalue weighted by molar-refractivity contribution is 0.00101. The van der Waals surface area contributed by atoms with Crippen LogP contribution in [0.1, 0.15) is 37.7 Å². The molecule has 1 N–H and O–H groups in total. The van der Waals surface area contributed by atoms with Crippen LogP contribution in [0.2, 0.25) is 0 Å². The molecule has 0 saturated carbocycles. The van der Waals surface area contributed by atoms with Crippen LogP contribution in [0.5, 0.6) is 0 Å². The van der Waals surface area contributed by atoms with E-state index in [1.54, 1.807) is 0 Å². The number of halogens is 2. The SMILES string of the molecule is O=S1(=O)C2CCCC1CC(O)(c1ccc(F)nc1F)C2. The lowest BCUT2D eigenvalue weighted by Gasteiger charge is -2.43. The number of aliphatic hydroxyl groups is 1. The molecule has 1 aromatic rings. The summed E-state index contributed by atoms with van der Waals surface area (Å²) in [6, 6.07) is 2.14. The quantitative estimate of drug-likeness (QED) is 0.802. The monoisotopic (exact) mass is 303 g/mol. The van der Waals surface area contributed by atoms with E-state index in [9.17, 15) is 22.3 Å². The molecule has 3 heterocycles. The van der Waals surface area contributed by atoms with Crippen molar-refractivity contribution in [3.8, 4) is 0 Å². The molecule has 0 radical (unpaired) electrons. The molecule has 4 nitrogen and oxygen atoms in total. The lowest BCUT2D eigenvalue weighted by Crippen LogP contribution is -2.50. The van der Waals surface area contributed by atoms with Crippen molar-refractivity contribution in [2.45, 2.75) is 48.2 Å². The Morgan fingerprint density at radius 3 is 2.35 bits per heavy atom. The van der Waals surface area contributed by atoms with Crippen LogP contribution in [0.3, 0.4) is 0 Å². The Hall–Kier alpha value is -1.08. The number of sulfone groups is 1. The fraction of sp³-hybridized carbons (Fsp3) is 0.615. The summed E-state index contributed by atoms with van der Waals surface area (Å²) < 4.78 is 51.0. The minimum Gasteiger partial charge on any atom is -0.385 e. The number of pyridine rings is 1. The van der Waals surface area contributed by atoms with Gasteiger partial charge in [-0.05, 0) is 37.8 Å². The van der Waals surface area contributed by atoms with Gasteiger partial charge in [0.05, 0.1) is 16.1 Å². The van der Waals surface area contributed by atoms with Crippen LogP contribution in [-0.2, 0) is 15.4 Å². The number of fused-ring (bicyclic) bond motifs is 2. The molecule has 2 bridgehead atoms. The van der Waals surface area contributed by atoms with E-state index >= 15 is 0 Å². The summed E-state index contributed by atoms with van der Waals surface area (Å²) in [5, 5.41) is 9.39. The maximum Gasteiger partial charge on any atom is 0.221 e. The normalized spacial score (nSPS) is 35.8. The summed E-state index contributed by atoms with van der Waals surface area (Å²) in [5.74, 6) is -2.02. The molecule has 2 saturated heterocycles. The predicted octanol–water partition coefficient (Wildman–Crippen LogP) is 1.68. The van der Waals surface area contributed by atoms with E-state index in [0.29, 0.717) is 12.8 Å². The molecule has 7 heteroatoms. The van der Waals surface area contributed by atoms with Crippen molar-refractivity contribution in [2.75, 3.05) is 0 Å². The van der Waals surface area contributed by atoms with E-state index in [4.69, 9.17) is 0 Å². The van der Waals surface area contributed by atoms with Gasteiger partial charge in [-0.1, -0.05) is 6.42 Å². The second kappa shape index (κ2) is 4.46. The van der Waals surface area contributed by atoms with E-state index in [0.717, 1.165) is 18.6 Å². The summed E-state index contributed by atoms with van der Waals surface area (Å²) in [4.78, 5) is 3.08. The highest BCUT2D eigenvalue weighted by Gasteiger charge is 2.51. The summed E-state index contributed by atoms with van der Waals surface area (Å²) in [6.07, 6.45) is 1.68. The van der Waals surface area contributed by atoms with Crippen LogP contribution >= 0.6 is 0 Å². The number of hydrogen-bond donors (Lipinski definition) is 1. The third kappa shape index (κ3) is 2.03. The number of nitrogens with zero attached hydrogens (tertiary/aromatic N) is 1. The molecule has 2 atom stereocenters. The molecule has 20 heavy (non-hydrogen) atoms. The van der Waals surface area contributed by atoms with Gasteiger partial charge in [0.15, 0.2) is 9.84 Å². The van der Waals surface area contributed by atoms with Gasteiger partial charge in [-0.3, -0.25) is 0 Å². The topological polar surface area (TPSA) is 67.3 Å². The number of aromatic nitrogens is 1. The Labute approximate surface area is 115 Å². The van der Waals surface area contributed by atoms with Crippen molar-refractivity contribution in [3.05, 3.63) is 29.6 Å². The smallest absolute Gasteiger partial charge is 0.221 e. The van der Waals surface area contributed by atoms with Crippen LogP contribution in [0.15, 0.2) is 12.1 Å². The Kier molecular flexibility index (Phi) is 3.10. The van der Waals surface area contributed by atoms with Gasteiger partial charge in [-0.2, -0.15) is 13.8 Å². The van der Waals surface area contributed by atoms with Gasteiger partial charge < -0.3 is 5.11 Å². The predicted molar refractivity (Wildman–Crippen MR) is 67.6 cm³/mol. The standard InChI is InChI=1S/C13H15F2NO3S/c14-11-5-4-10(12(15)16-11)13(17)6-8-2-1-3-9(7-13)20(8,18)19/h4-5,8-9,17H,1-3,6-7H2. The molecule has 2 unspecified atom stereocenters. The van der Waals surface area contributed by atoms with Crippen molar-refractivity contribution in [3.63, 3.8) is 0 Å². The highest BCUT2D eigenvalue weighted by molar-refractivity contribution is 7.92. The molecule has 0 aromatic carbocycles. The van der Waals surface area contributed by atoms with Gasteiger partial charge in [0.1, 0.15) is 0 Å². The zero-order valence-corrected chi connectivity index (χ0v) is 11.5. The molecular formula is C13H15F2NO3S. The summed E-state index contributed by atoms with van der Waals surface area (Å²) >= 11 is 0. The molecule has 2 aliphatic heterocycles. The fourth-order valence-electron chi connectivity index (χ4n) is 3.43. The van der Waals surface area contributed by atoms with Crippen LogP contribution < -0.4 is 0 Å². The molecule has 0 aliphatic carbocycles. The molecule has 110 valence electrons. The van der Waals surface area contributed by atoms with Gasteiger partial charge in [-0.25, -0.2) is 8.42 Å². The van der Waals surface area contributed by atoms with E-state index < -0.39 is 37.8 Å². The fourth-order valence-corrected chi connectivity index (χ4v) is 5.98. The van der Waals surface area contributed by atoms with Gasteiger partial charge in [0, 0.05) is 5.56 Å². The first-order chi connectivity index (χ1) is 9.33. The largest absolute Gasteiger partial charge is 0.385 e. The van der Waals surface area contributed by atoms with Crippen molar-refractivity contribution in [1.82, 2.24) is 4.98 Å². The maximum absolute atomic E-state index is 13.8. The Morgan fingerprint density at radius 1 is 1.20 bits per heavy atom. The van der Waals surface area contributed by atoms with E-state index in [-0.39, 0.29) is 18.4 Å².